The second kappa shape index (κ2) is 5.24. The molecule has 0 fully saturated rings. The van der Waals surface area contributed by atoms with Crippen LogP contribution < -0.4 is 5.73 Å². The first kappa shape index (κ1) is 14.5. The Bertz CT molecular complexity index is 647. The van der Waals surface area contributed by atoms with Crippen LogP contribution in [-0.2, 0) is 12.6 Å². The number of aryl methyl sites for hydroxylation is 1. The molecule has 0 radical (unpaired) electrons. The van der Waals surface area contributed by atoms with E-state index in [-0.39, 0.29) is 10.6 Å². The third-order valence-corrected chi connectivity index (χ3v) is 3.10. The summed E-state index contributed by atoms with van der Waals surface area (Å²) < 4.78 is 39.9. The summed E-state index contributed by atoms with van der Waals surface area (Å²) in [5.41, 5.74) is 5.46. The number of rotatable bonds is 3. The van der Waals surface area contributed by atoms with Gasteiger partial charge in [0.15, 0.2) is 0 Å². The Morgan fingerprint density at radius 2 is 2.10 bits per heavy atom. The number of nitrogens with zero attached hydrogens (tertiary/aromatic N) is 2. The van der Waals surface area contributed by atoms with Crippen molar-refractivity contribution in [1.29, 1.82) is 0 Å². The number of thiocarbonyl (C=S) groups is 1. The zero-order chi connectivity index (χ0) is 14.9. The van der Waals surface area contributed by atoms with Gasteiger partial charge >= 0.3 is 6.18 Å². The van der Waals surface area contributed by atoms with Gasteiger partial charge in [0.1, 0.15) is 10.8 Å². The molecule has 2 aromatic rings. The predicted molar refractivity (Wildman–Crippen MR) is 73.8 cm³/mol. The number of alkyl halides is 3. The third kappa shape index (κ3) is 2.67. The van der Waals surface area contributed by atoms with Gasteiger partial charge in [0, 0.05) is 24.4 Å². The fourth-order valence-electron chi connectivity index (χ4n) is 1.94. The van der Waals surface area contributed by atoms with Gasteiger partial charge in [-0.3, -0.25) is 0 Å². The van der Waals surface area contributed by atoms with Gasteiger partial charge in [-0.05, 0) is 18.2 Å². The first-order chi connectivity index (χ1) is 9.34. The molecule has 3 nitrogen and oxygen atoms in total. The van der Waals surface area contributed by atoms with Crippen LogP contribution in [0.2, 0.25) is 0 Å². The van der Waals surface area contributed by atoms with E-state index < -0.39 is 11.7 Å². The molecule has 0 spiro atoms. The molecule has 106 valence electrons. The minimum Gasteiger partial charge on any atom is -0.389 e. The Morgan fingerprint density at radius 1 is 1.40 bits per heavy atom. The van der Waals surface area contributed by atoms with Crippen LogP contribution >= 0.6 is 12.2 Å². The summed E-state index contributed by atoms with van der Waals surface area (Å²) in [6.45, 7) is 1.91. The summed E-state index contributed by atoms with van der Waals surface area (Å²) in [6, 6.07) is 3.34. The number of aromatic nitrogens is 2. The number of hydrogen-bond donors (Lipinski definition) is 1. The Balaban J connectivity index is 2.63. The summed E-state index contributed by atoms with van der Waals surface area (Å²) in [5, 5.41) is 0. The Hall–Kier alpha value is -1.89. The molecule has 2 N–H and O–H groups in total. The van der Waals surface area contributed by atoms with E-state index >= 15 is 0 Å². The average molecular weight is 299 g/mol. The van der Waals surface area contributed by atoms with Crippen LogP contribution in [0, 0.1) is 0 Å². The van der Waals surface area contributed by atoms with E-state index in [9.17, 15) is 13.2 Å². The van der Waals surface area contributed by atoms with Crippen LogP contribution in [0.3, 0.4) is 0 Å². The minimum absolute atomic E-state index is 0.0816. The quantitative estimate of drug-likeness (QED) is 0.886. The van der Waals surface area contributed by atoms with E-state index in [2.05, 4.69) is 4.98 Å². The second-order valence-corrected chi connectivity index (χ2v) is 4.60. The standard InChI is InChI=1S/C13H12F3N3S/c1-2-11-18-5-6-19(11)10-4-3-8(13(14,15)16)7-9(10)12(17)20/h3-7H,2H2,1H3,(H2,17,20). The molecule has 0 amide bonds. The highest BCUT2D eigenvalue weighted by Gasteiger charge is 2.31. The largest absolute Gasteiger partial charge is 0.416 e. The summed E-state index contributed by atoms with van der Waals surface area (Å²) in [7, 11) is 0. The van der Waals surface area contributed by atoms with Gasteiger partial charge in [0.25, 0.3) is 0 Å². The smallest absolute Gasteiger partial charge is 0.389 e. The maximum Gasteiger partial charge on any atom is 0.416 e. The van der Waals surface area contributed by atoms with Crippen molar-refractivity contribution in [1.82, 2.24) is 9.55 Å². The number of halogens is 3. The highest BCUT2D eigenvalue weighted by Crippen LogP contribution is 2.31. The van der Waals surface area contributed by atoms with Gasteiger partial charge < -0.3 is 10.3 Å². The van der Waals surface area contributed by atoms with Crippen LogP contribution in [0.4, 0.5) is 13.2 Å². The fraction of sp³-hybridized carbons (Fsp3) is 0.231. The van der Waals surface area contributed by atoms with E-state index in [1.54, 1.807) is 17.0 Å². The maximum absolute atomic E-state index is 12.7. The van der Waals surface area contributed by atoms with Gasteiger partial charge in [-0.25, -0.2) is 4.98 Å². The first-order valence-electron chi connectivity index (χ1n) is 5.88. The number of benzene rings is 1. The van der Waals surface area contributed by atoms with Crippen LogP contribution in [0.1, 0.15) is 23.9 Å². The summed E-state index contributed by atoms with van der Waals surface area (Å²) in [5.74, 6) is 0.724. The van der Waals surface area contributed by atoms with Crippen LogP contribution in [0.5, 0.6) is 0 Å². The Kier molecular flexibility index (Phi) is 3.80. The maximum atomic E-state index is 12.7. The van der Waals surface area contributed by atoms with Gasteiger partial charge in [-0.15, -0.1) is 0 Å². The van der Waals surface area contributed by atoms with E-state index in [0.717, 1.165) is 18.0 Å². The van der Waals surface area contributed by atoms with Crippen LogP contribution in [0.25, 0.3) is 5.69 Å². The zero-order valence-corrected chi connectivity index (χ0v) is 11.4. The molecule has 0 saturated heterocycles. The lowest BCUT2D eigenvalue weighted by atomic mass is 10.1. The molecule has 1 aromatic carbocycles. The lowest BCUT2D eigenvalue weighted by molar-refractivity contribution is -0.137. The van der Waals surface area contributed by atoms with Gasteiger partial charge in [-0.1, -0.05) is 19.1 Å². The lowest BCUT2D eigenvalue weighted by Gasteiger charge is -2.14. The highest BCUT2D eigenvalue weighted by atomic mass is 32.1. The number of imidazole rings is 1. The lowest BCUT2D eigenvalue weighted by Crippen LogP contribution is -2.16. The molecule has 0 atom stereocenters. The van der Waals surface area contributed by atoms with E-state index in [1.165, 1.54) is 6.07 Å². The predicted octanol–water partition coefficient (Wildman–Crippen LogP) is 3.09. The van der Waals surface area contributed by atoms with Crippen molar-refractivity contribution in [3.63, 3.8) is 0 Å². The number of hydrogen-bond acceptors (Lipinski definition) is 2. The SMILES string of the molecule is CCc1nccn1-c1ccc(C(F)(F)F)cc1C(N)=S. The molecule has 0 aliphatic rings. The van der Waals surface area contributed by atoms with E-state index in [4.69, 9.17) is 18.0 Å². The molecule has 0 aliphatic heterocycles. The molecule has 0 saturated carbocycles. The molecule has 20 heavy (non-hydrogen) atoms. The normalized spacial score (nSPS) is 11.6. The molecular weight excluding hydrogens is 287 g/mol. The summed E-state index contributed by atoms with van der Waals surface area (Å²) in [4.78, 5) is 4.06. The highest BCUT2D eigenvalue weighted by molar-refractivity contribution is 7.80. The van der Waals surface area contributed by atoms with E-state index in [0.29, 0.717) is 12.1 Å². The van der Waals surface area contributed by atoms with Crippen molar-refractivity contribution < 1.29 is 13.2 Å². The van der Waals surface area contributed by atoms with Crippen LogP contribution in [0.15, 0.2) is 30.6 Å². The molecule has 2 rings (SSSR count). The molecule has 0 aliphatic carbocycles. The topological polar surface area (TPSA) is 43.8 Å². The molecule has 0 unspecified atom stereocenters. The third-order valence-electron chi connectivity index (χ3n) is 2.88. The summed E-state index contributed by atoms with van der Waals surface area (Å²) >= 11 is 4.86. The van der Waals surface area contributed by atoms with Crippen molar-refractivity contribution >= 4 is 17.2 Å². The first-order valence-corrected chi connectivity index (χ1v) is 6.29. The minimum atomic E-state index is -4.43. The molecular formula is C13H12F3N3S. The van der Waals surface area contributed by atoms with Gasteiger partial charge in [0.05, 0.1) is 11.3 Å². The molecule has 0 bridgehead atoms. The zero-order valence-electron chi connectivity index (χ0n) is 10.6. The van der Waals surface area contributed by atoms with Crippen molar-refractivity contribution in [3.8, 4) is 5.69 Å². The van der Waals surface area contributed by atoms with Crippen molar-refractivity contribution in [2.75, 3.05) is 0 Å². The number of nitrogens with two attached hydrogens (primary N) is 1. The van der Waals surface area contributed by atoms with Crippen molar-refractivity contribution in [2.45, 2.75) is 19.5 Å². The van der Waals surface area contributed by atoms with E-state index in [1.807, 2.05) is 6.92 Å². The molecule has 7 heteroatoms. The second-order valence-electron chi connectivity index (χ2n) is 4.16. The van der Waals surface area contributed by atoms with Crippen molar-refractivity contribution in [2.24, 2.45) is 5.73 Å². The molecule has 1 heterocycles. The Labute approximate surface area is 119 Å². The Morgan fingerprint density at radius 3 is 2.65 bits per heavy atom. The van der Waals surface area contributed by atoms with Gasteiger partial charge in [-0.2, -0.15) is 13.2 Å². The van der Waals surface area contributed by atoms with Crippen LogP contribution in [-0.4, -0.2) is 14.5 Å². The van der Waals surface area contributed by atoms with Crippen molar-refractivity contribution in [3.05, 3.63) is 47.5 Å². The molecule has 1 aromatic heterocycles. The fourth-order valence-corrected chi connectivity index (χ4v) is 2.10. The monoisotopic (exact) mass is 299 g/mol. The van der Waals surface area contributed by atoms with Gasteiger partial charge in [0.2, 0.25) is 0 Å². The summed E-state index contributed by atoms with van der Waals surface area (Å²) in [6.07, 6.45) is -0.533. The average Bonchev–Trinajstić information content (AvgIpc) is 2.84.